The predicted octanol–water partition coefficient (Wildman–Crippen LogP) is 0.767. The Hall–Kier alpha value is -1.67. The van der Waals surface area contributed by atoms with Crippen molar-refractivity contribution >= 4 is 21.6 Å². The van der Waals surface area contributed by atoms with Gasteiger partial charge in [0.05, 0.1) is 6.54 Å². The molecule has 4 N–H and O–H groups in total. The summed E-state index contributed by atoms with van der Waals surface area (Å²) in [5.41, 5.74) is 5.79. The number of benzene rings is 1. The van der Waals surface area contributed by atoms with Gasteiger partial charge in [0.1, 0.15) is 10.7 Å². The number of nitrogens with one attached hydrogen (secondary N) is 2. The van der Waals surface area contributed by atoms with Crippen LogP contribution in [-0.2, 0) is 14.8 Å². The van der Waals surface area contributed by atoms with Crippen molar-refractivity contribution in [3.8, 4) is 0 Å². The summed E-state index contributed by atoms with van der Waals surface area (Å²) >= 11 is 0. The topological polar surface area (TPSA) is 101 Å². The molecule has 0 aliphatic heterocycles. The van der Waals surface area contributed by atoms with Gasteiger partial charge in [-0.1, -0.05) is 13.8 Å². The summed E-state index contributed by atoms with van der Waals surface area (Å²) in [6.45, 7) is 5.22. The maximum Gasteiger partial charge on any atom is 0.244 e. The zero-order chi connectivity index (χ0) is 16.2. The molecule has 6 nitrogen and oxygen atoms in total. The second-order valence-electron chi connectivity index (χ2n) is 5.17. The highest BCUT2D eigenvalue weighted by Gasteiger charge is 2.21. The fraction of sp³-hybridized carbons (Fsp3) is 0.462. The van der Waals surface area contributed by atoms with E-state index in [0.29, 0.717) is 6.54 Å². The first-order valence-corrected chi connectivity index (χ1v) is 7.93. The SMILES string of the molecule is Cc1cc(N)cc(S(=O)(=O)NCC(=O)NCC(C)C)c1F. The van der Waals surface area contributed by atoms with E-state index >= 15 is 0 Å². The molecule has 0 radical (unpaired) electrons. The van der Waals surface area contributed by atoms with Crippen LogP contribution in [0, 0.1) is 18.7 Å². The van der Waals surface area contributed by atoms with Crippen LogP contribution in [0.25, 0.3) is 0 Å². The molecule has 8 heteroatoms. The summed E-state index contributed by atoms with van der Waals surface area (Å²) in [5.74, 6) is -1.10. The van der Waals surface area contributed by atoms with Gasteiger partial charge in [-0.2, -0.15) is 0 Å². The number of nitrogen functional groups attached to an aromatic ring is 1. The van der Waals surface area contributed by atoms with E-state index in [1.807, 2.05) is 13.8 Å². The average Bonchev–Trinajstić information content (AvgIpc) is 2.38. The lowest BCUT2D eigenvalue weighted by Gasteiger charge is -2.11. The molecule has 0 saturated heterocycles. The third kappa shape index (κ3) is 4.98. The van der Waals surface area contributed by atoms with Crippen LogP contribution in [0.1, 0.15) is 19.4 Å². The lowest BCUT2D eigenvalue weighted by Crippen LogP contribution is -2.38. The van der Waals surface area contributed by atoms with E-state index in [0.717, 1.165) is 6.07 Å². The van der Waals surface area contributed by atoms with Gasteiger partial charge < -0.3 is 11.1 Å². The van der Waals surface area contributed by atoms with Crippen molar-refractivity contribution in [1.82, 2.24) is 10.0 Å². The molecule has 1 rings (SSSR count). The highest BCUT2D eigenvalue weighted by atomic mass is 32.2. The largest absolute Gasteiger partial charge is 0.399 e. The van der Waals surface area contributed by atoms with E-state index in [2.05, 4.69) is 10.0 Å². The minimum Gasteiger partial charge on any atom is -0.399 e. The third-order valence-electron chi connectivity index (χ3n) is 2.66. The van der Waals surface area contributed by atoms with Crippen molar-refractivity contribution in [1.29, 1.82) is 0 Å². The van der Waals surface area contributed by atoms with E-state index in [9.17, 15) is 17.6 Å². The maximum atomic E-state index is 13.9. The Balaban J connectivity index is 2.81. The molecule has 0 heterocycles. The Morgan fingerprint density at radius 1 is 1.38 bits per heavy atom. The zero-order valence-corrected chi connectivity index (χ0v) is 13.1. The number of nitrogens with two attached hydrogens (primary N) is 1. The molecule has 1 amide bonds. The van der Waals surface area contributed by atoms with Gasteiger partial charge in [-0.3, -0.25) is 4.79 Å². The van der Waals surface area contributed by atoms with Gasteiger partial charge in [0, 0.05) is 12.2 Å². The number of rotatable bonds is 6. The van der Waals surface area contributed by atoms with Gasteiger partial charge in [0.15, 0.2) is 0 Å². The summed E-state index contributed by atoms with van der Waals surface area (Å²) in [6.07, 6.45) is 0. The van der Waals surface area contributed by atoms with Crippen LogP contribution in [0.4, 0.5) is 10.1 Å². The first-order valence-electron chi connectivity index (χ1n) is 6.45. The molecule has 0 bridgehead atoms. The molecule has 0 aliphatic carbocycles. The average molecular weight is 317 g/mol. The molecule has 0 saturated carbocycles. The van der Waals surface area contributed by atoms with Gasteiger partial charge in [0.2, 0.25) is 15.9 Å². The van der Waals surface area contributed by atoms with Gasteiger partial charge in [-0.25, -0.2) is 17.5 Å². The van der Waals surface area contributed by atoms with Gasteiger partial charge in [-0.05, 0) is 30.5 Å². The molecule has 21 heavy (non-hydrogen) atoms. The molecular weight excluding hydrogens is 297 g/mol. The van der Waals surface area contributed by atoms with E-state index in [1.54, 1.807) is 0 Å². The van der Waals surface area contributed by atoms with Crippen molar-refractivity contribution in [3.63, 3.8) is 0 Å². The molecule has 0 atom stereocenters. The van der Waals surface area contributed by atoms with Crippen LogP contribution in [-0.4, -0.2) is 27.4 Å². The minimum atomic E-state index is -4.14. The quantitative estimate of drug-likeness (QED) is 0.674. The van der Waals surface area contributed by atoms with Crippen LogP contribution in [0.3, 0.4) is 0 Å². The van der Waals surface area contributed by atoms with E-state index in [1.165, 1.54) is 13.0 Å². The molecular formula is C13H20FN3O3S. The van der Waals surface area contributed by atoms with Crippen LogP contribution >= 0.6 is 0 Å². The normalized spacial score (nSPS) is 11.7. The van der Waals surface area contributed by atoms with Crippen molar-refractivity contribution in [3.05, 3.63) is 23.5 Å². The summed E-state index contributed by atoms with van der Waals surface area (Å²) in [7, 11) is -4.14. The predicted molar refractivity (Wildman–Crippen MR) is 78.6 cm³/mol. The summed E-state index contributed by atoms with van der Waals surface area (Å²) in [5, 5.41) is 2.56. The Morgan fingerprint density at radius 2 is 2.00 bits per heavy atom. The van der Waals surface area contributed by atoms with Crippen LogP contribution < -0.4 is 15.8 Å². The zero-order valence-electron chi connectivity index (χ0n) is 12.2. The standard InChI is InChI=1S/C13H20FN3O3S/c1-8(2)6-16-12(18)7-17-21(19,20)11-5-10(15)4-9(3)13(11)14/h4-5,8,17H,6-7,15H2,1-3H3,(H,16,18). The molecule has 0 spiro atoms. The summed E-state index contributed by atoms with van der Waals surface area (Å²) < 4.78 is 40.0. The number of carbonyl (C=O) groups is 1. The van der Waals surface area contributed by atoms with E-state index < -0.39 is 33.2 Å². The maximum absolute atomic E-state index is 13.9. The summed E-state index contributed by atoms with van der Waals surface area (Å²) in [4.78, 5) is 10.9. The number of hydrogen-bond donors (Lipinski definition) is 3. The van der Waals surface area contributed by atoms with Crippen molar-refractivity contribution in [2.24, 2.45) is 5.92 Å². The first kappa shape index (κ1) is 17.4. The smallest absolute Gasteiger partial charge is 0.244 e. The molecule has 1 aromatic rings. The molecule has 0 aromatic heterocycles. The highest BCUT2D eigenvalue weighted by molar-refractivity contribution is 7.89. The number of halogens is 1. The lowest BCUT2D eigenvalue weighted by atomic mass is 10.2. The van der Waals surface area contributed by atoms with Crippen LogP contribution in [0.5, 0.6) is 0 Å². The van der Waals surface area contributed by atoms with E-state index in [-0.39, 0.29) is 17.2 Å². The first-order chi connectivity index (χ1) is 9.63. The number of sulfonamides is 1. The number of amides is 1. The summed E-state index contributed by atoms with van der Waals surface area (Å²) in [6, 6.07) is 2.36. The second-order valence-corrected chi connectivity index (χ2v) is 6.91. The molecule has 118 valence electrons. The molecule has 1 aromatic carbocycles. The van der Waals surface area contributed by atoms with Crippen molar-refractivity contribution in [2.45, 2.75) is 25.7 Å². The van der Waals surface area contributed by atoms with Crippen molar-refractivity contribution in [2.75, 3.05) is 18.8 Å². The van der Waals surface area contributed by atoms with Gasteiger partial charge >= 0.3 is 0 Å². The third-order valence-corrected chi connectivity index (χ3v) is 4.06. The van der Waals surface area contributed by atoms with Crippen molar-refractivity contribution < 1.29 is 17.6 Å². The fourth-order valence-corrected chi connectivity index (χ4v) is 2.74. The second kappa shape index (κ2) is 6.86. The van der Waals surface area contributed by atoms with Crippen LogP contribution in [0.2, 0.25) is 0 Å². The van der Waals surface area contributed by atoms with Crippen LogP contribution in [0.15, 0.2) is 17.0 Å². The Labute approximate surface area is 124 Å². The molecule has 0 fully saturated rings. The number of carbonyl (C=O) groups excluding carboxylic acids is 1. The van der Waals surface area contributed by atoms with Gasteiger partial charge in [0.25, 0.3) is 0 Å². The fourth-order valence-electron chi connectivity index (χ4n) is 1.58. The van der Waals surface area contributed by atoms with Gasteiger partial charge in [-0.15, -0.1) is 0 Å². The minimum absolute atomic E-state index is 0.125. The lowest BCUT2D eigenvalue weighted by molar-refractivity contribution is -0.120. The number of aryl methyl sites for hydroxylation is 1. The number of anilines is 1. The Bertz CT molecular complexity index is 630. The van der Waals surface area contributed by atoms with E-state index in [4.69, 9.17) is 5.73 Å². The number of hydrogen-bond acceptors (Lipinski definition) is 4. The Morgan fingerprint density at radius 3 is 2.57 bits per heavy atom. The molecule has 0 unspecified atom stereocenters. The highest BCUT2D eigenvalue weighted by Crippen LogP contribution is 2.21. The monoisotopic (exact) mass is 317 g/mol. The molecule has 0 aliphatic rings. The Kier molecular flexibility index (Phi) is 5.68.